The highest BCUT2D eigenvalue weighted by atomic mass is 35.5. The minimum atomic E-state index is -0.689. The van der Waals surface area contributed by atoms with Crippen LogP contribution < -0.4 is 11.2 Å². The van der Waals surface area contributed by atoms with Gasteiger partial charge >= 0.3 is 5.69 Å². The second-order valence-corrected chi connectivity index (χ2v) is 4.14. The molecule has 92 valence electrons. The maximum atomic E-state index is 11.7. The summed E-state index contributed by atoms with van der Waals surface area (Å²) < 4.78 is 1.17. The van der Waals surface area contributed by atoms with E-state index in [0.29, 0.717) is 10.7 Å². The number of halogens is 1. The normalized spacial score (nSPS) is 10.3. The van der Waals surface area contributed by atoms with Gasteiger partial charge in [0.25, 0.3) is 5.56 Å². The van der Waals surface area contributed by atoms with Gasteiger partial charge in [-0.2, -0.15) is 0 Å². The van der Waals surface area contributed by atoms with Crippen LogP contribution in [0, 0.1) is 0 Å². The van der Waals surface area contributed by atoms with Crippen LogP contribution in [0.2, 0.25) is 5.02 Å². The van der Waals surface area contributed by atoms with Crippen LogP contribution in [0.1, 0.15) is 17.3 Å². The molecule has 2 aromatic rings. The van der Waals surface area contributed by atoms with Crippen molar-refractivity contribution in [3.63, 3.8) is 0 Å². The molecule has 0 atom stereocenters. The Morgan fingerprint density at radius 2 is 2.06 bits per heavy atom. The number of ketones is 1. The average Bonchev–Trinajstić information content (AvgIpc) is 2.28. The number of benzene rings is 1. The first-order chi connectivity index (χ1) is 8.49. The van der Waals surface area contributed by atoms with Gasteiger partial charge in [-0.15, -0.1) is 0 Å². The average molecular weight is 265 g/mol. The summed E-state index contributed by atoms with van der Waals surface area (Å²) in [6.07, 6.45) is 1.22. The lowest BCUT2D eigenvalue weighted by Crippen LogP contribution is -2.32. The lowest BCUT2D eigenvalue weighted by atomic mass is 10.2. The van der Waals surface area contributed by atoms with Crippen molar-refractivity contribution < 1.29 is 4.79 Å². The van der Waals surface area contributed by atoms with E-state index in [-0.39, 0.29) is 5.56 Å². The van der Waals surface area contributed by atoms with Crippen LogP contribution in [-0.4, -0.2) is 15.3 Å². The summed E-state index contributed by atoms with van der Waals surface area (Å²) in [6.45, 7) is 1.26. The van der Waals surface area contributed by atoms with Crippen molar-refractivity contribution in [2.75, 3.05) is 0 Å². The molecule has 0 bridgehead atoms. The molecule has 1 N–H and O–H groups in total. The van der Waals surface area contributed by atoms with Crippen LogP contribution in [-0.2, 0) is 0 Å². The fourth-order valence-corrected chi connectivity index (χ4v) is 1.72. The summed E-state index contributed by atoms with van der Waals surface area (Å²) >= 11 is 5.83. The predicted octanol–water partition coefficient (Wildman–Crippen LogP) is 1.38. The Bertz CT molecular complexity index is 731. The number of carbonyl (C=O) groups excluding carboxylic acids is 1. The zero-order valence-electron chi connectivity index (χ0n) is 9.44. The van der Waals surface area contributed by atoms with E-state index in [9.17, 15) is 14.4 Å². The van der Waals surface area contributed by atoms with Crippen LogP contribution >= 0.6 is 11.6 Å². The van der Waals surface area contributed by atoms with Crippen LogP contribution in [0.3, 0.4) is 0 Å². The Balaban J connectivity index is 2.72. The van der Waals surface area contributed by atoms with Gasteiger partial charge in [0, 0.05) is 11.2 Å². The van der Waals surface area contributed by atoms with E-state index in [0.717, 1.165) is 0 Å². The molecule has 1 aromatic heterocycles. The molecule has 0 saturated heterocycles. The zero-order valence-corrected chi connectivity index (χ0v) is 10.2. The minimum absolute atomic E-state index is 0.0745. The molecule has 0 amide bonds. The van der Waals surface area contributed by atoms with E-state index < -0.39 is 17.0 Å². The van der Waals surface area contributed by atoms with Crippen LogP contribution in [0.15, 0.2) is 40.1 Å². The number of Topliss-reactive ketones (excluding diaryl/α,β-unsaturated/α-hetero) is 1. The Morgan fingerprint density at radius 3 is 2.67 bits per heavy atom. The molecular formula is C12H9ClN2O3. The first-order valence-electron chi connectivity index (χ1n) is 5.12. The summed E-state index contributed by atoms with van der Waals surface area (Å²) in [4.78, 5) is 36.5. The number of nitrogens with zero attached hydrogens (tertiary/aromatic N) is 1. The number of rotatable bonds is 2. The first kappa shape index (κ1) is 12.3. The van der Waals surface area contributed by atoms with Gasteiger partial charge in [0.2, 0.25) is 0 Å². The minimum Gasteiger partial charge on any atom is -0.294 e. The largest absolute Gasteiger partial charge is 0.332 e. The van der Waals surface area contributed by atoms with E-state index in [2.05, 4.69) is 4.98 Å². The Morgan fingerprint density at radius 1 is 1.33 bits per heavy atom. The monoisotopic (exact) mass is 264 g/mol. The molecule has 0 radical (unpaired) electrons. The Hall–Kier alpha value is -2.14. The molecule has 6 heteroatoms. The maximum Gasteiger partial charge on any atom is 0.332 e. The Labute approximate surface area is 107 Å². The number of hydrogen-bond acceptors (Lipinski definition) is 3. The van der Waals surface area contributed by atoms with Crippen molar-refractivity contribution in [1.82, 2.24) is 9.55 Å². The smallest absolute Gasteiger partial charge is 0.294 e. The third kappa shape index (κ3) is 2.26. The van der Waals surface area contributed by atoms with Gasteiger partial charge < -0.3 is 0 Å². The van der Waals surface area contributed by atoms with E-state index in [4.69, 9.17) is 11.6 Å². The third-order valence-electron chi connectivity index (χ3n) is 2.41. The van der Waals surface area contributed by atoms with Gasteiger partial charge in [0.05, 0.1) is 11.3 Å². The third-order valence-corrected chi connectivity index (χ3v) is 2.64. The number of nitrogens with one attached hydrogen (secondary N) is 1. The highest BCUT2D eigenvalue weighted by Crippen LogP contribution is 2.13. The number of hydrogen-bond donors (Lipinski definition) is 1. The van der Waals surface area contributed by atoms with Crippen LogP contribution in [0.5, 0.6) is 0 Å². The van der Waals surface area contributed by atoms with Gasteiger partial charge in [-0.1, -0.05) is 17.7 Å². The highest BCUT2D eigenvalue weighted by molar-refractivity contribution is 6.30. The first-order valence-corrected chi connectivity index (χ1v) is 5.49. The molecule has 18 heavy (non-hydrogen) atoms. The summed E-state index contributed by atoms with van der Waals surface area (Å²) in [7, 11) is 0. The quantitative estimate of drug-likeness (QED) is 0.833. The number of H-pyrrole nitrogens is 1. The van der Waals surface area contributed by atoms with Gasteiger partial charge in [-0.3, -0.25) is 19.1 Å². The van der Waals surface area contributed by atoms with E-state index in [1.54, 1.807) is 24.3 Å². The summed E-state index contributed by atoms with van der Waals surface area (Å²) in [5.41, 5.74) is -0.904. The van der Waals surface area contributed by atoms with Gasteiger partial charge in [-0.25, -0.2) is 4.79 Å². The molecular weight excluding hydrogens is 256 g/mol. The van der Waals surface area contributed by atoms with Crippen molar-refractivity contribution in [2.24, 2.45) is 0 Å². The summed E-state index contributed by atoms with van der Waals surface area (Å²) in [6, 6.07) is 6.54. The van der Waals surface area contributed by atoms with Crippen molar-refractivity contribution >= 4 is 17.4 Å². The van der Waals surface area contributed by atoms with E-state index >= 15 is 0 Å². The van der Waals surface area contributed by atoms with Crippen LogP contribution in [0.4, 0.5) is 0 Å². The zero-order chi connectivity index (χ0) is 13.3. The SMILES string of the molecule is CC(=O)c1cn(-c2cccc(Cl)c2)c(=O)[nH]c1=O. The standard InChI is InChI=1S/C12H9ClN2O3/c1-7(16)10-6-15(12(18)14-11(10)17)9-4-2-3-8(13)5-9/h2-6H,1H3,(H,14,17,18). The molecule has 0 aliphatic carbocycles. The molecule has 0 unspecified atom stereocenters. The summed E-state index contributed by atoms with van der Waals surface area (Å²) in [5.74, 6) is -0.410. The topological polar surface area (TPSA) is 71.9 Å². The molecule has 1 aromatic carbocycles. The number of carbonyl (C=O) groups is 1. The second-order valence-electron chi connectivity index (χ2n) is 3.71. The summed E-state index contributed by atoms with van der Waals surface area (Å²) in [5, 5.41) is 0.454. The fraction of sp³-hybridized carbons (Fsp3) is 0.0833. The lowest BCUT2D eigenvalue weighted by Gasteiger charge is -2.06. The fourth-order valence-electron chi connectivity index (χ4n) is 1.54. The van der Waals surface area contributed by atoms with Crippen LogP contribution in [0.25, 0.3) is 5.69 Å². The molecule has 0 aliphatic rings. The second kappa shape index (κ2) is 4.62. The molecule has 0 aliphatic heterocycles. The Kier molecular flexibility index (Phi) is 3.16. The molecule has 0 fully saturated rings. The van der Waals surface area contributed by atoms with Gasteiger partial charge in [0.15, 0.2) is 5.78 Å². The molecule has 0 saturated carbocycles. The van der Waals surface area contributed by atoms with E-state index in [1.165, 1.54) is 17.7 Å². The lowest BCUT2D eigenvalue weighted by molar-refractivity contribution is 0.101. The van der Waals surface area contributed by atoms with E-state index in [1.807, 2.05) is 0 Å². The number of aromatic amines is 1. The van der Waals surface area contributed by atoms with Crippen molar-refractivity contribution in [3.8, 4) is 5.69 Å². The molecule has 2 rings (SSSR count). The predicted molar refractivity (Wildman–Crippen MR) is 67.7 cm³/mol. The van der Waals surface area contributed by atoms with Gasteiger partial charge in [-0.05, 0) is 25.1 Å². The van der Waals surface area contributed by atoms with Crippen molar-refractivity contribution in [2.45, 2.75) is 6.92 Å². The number of aromatic nitrogens is 2. The van der Waals surface area contributed by atoms with Gasteiger partial charge in [0.1, 0.15) is 0 Å². The molecule has 1 heterocycles. The van der Waals surface area contributed by atoms with Crippen molar-refractivity contribution in [3.05, 3.63) is 61.9 Å². The maximum absolute atomic E-state index is 11.7. The molecule has 0 spiro atoms. The van der Waals surface area contributed by atoms with Crippen molar-refractivity contribution in [1.29, 1.82) is 0 Å². The highest BCUT2D eigenvalue weighted by Gasteiger charge is 2.09. The molecule has 5 nitrogen and oxygen atoms in total.